The molecular weight excluding hydrogens is 243 g/mol. The molecule has 0 radical (unpaired) electrons. The van der Waals surface area contributed by atoms with Gasteiger partial charge in [-0.05, 0) is 14.0 Å². The summed E-state index contributed by atoms with van der Waals surface area (Å²) in [4.78, 5) is 0. The summed E-state index contributed by atoms with van der Waals surface area (Å²) in [5.74, 6) is 0.869. The topological polar surface area (TPSA) is 29.3 Å². The summed E-state index contributed by atoms with van der Waals surface area (Å²) in [5, 5.41) is 3.83. The van der Waals surface area contributed by atoms with E-state index < -0.39 is 0 Å². The minimum absolute atomic E-state index is 0.831. The molecule has 3 nitrogen and oxygen atoms in total. The van der Waals surface area contributed by atoms with Crippen LogP contribution in [0, 0.1) is 6.92 Å². The van der Waals surface area contributed by atoms with E-state index in [9.17, 15) is 0 Å². The van der Waals surface area contributed by atoms with Crippen LogP contribution in [0.4, 0.5) is 0 Å². The van der Waals surface area contributed by atoms with Crippen LogP contribution in [0.5, 0.6) is 0 Å². The Bertz CT molecular complexity index is 209. The molecule has 0 spiro atoms. The third kappa shape index (κ3) is 2.26. The molecule has 0 unspecified atom stereocenters. The van der Waals surface area contributed by atoms with E-state index in [2.05, 4.69) is 28.0 Å². The fraction of sp³-hybridized carbons (Fsp3) is 0.500. The van der Waals surface area contributed by atoms with E-state index in [-0.39, 0.29) is 0 Å². The average Bonchev–Trinajstić information content (AvgIpc) is 2.13. The van der Waals surface area contributed by atoms with E-state index in [0.717, 1.165) is 18.0 Å². The van der Waals surface area contributed by atoms with Gasteiger partial charge in [0.25, 0.3) is 0 Å². The number of rotatable bonds is 2. The number of aromatic nitrogens is 1. The van der Waals surface area contributed by atoms with Crippen LogP contribution < -0.4 is 0 Å². The Balaban J connectivity index is 2.58. The van der Waals surface area contributed by atoms with Gasteiger partial charge < -0.3 is 4.52 Å². The number of nitrogens with zero attached hydrogens (tertiary/aromatic N) is 2. The van der Waals surface area contributed by atoms with Gasteiger partial charge in [0, 0.05) is 28.9 Å². The maximum Gasteiger partial charge on any atom is 0.133 e. The summed E-state index contributed by atoms with van der Waals surface area (Å²) in [6, 6.07) is 1.94. The zero-order valence-electron chi connectivity index (χ0n) is 5.97. The second kappa shape index (κ2) is 3.34. The molecule has 0 atom stereocenters. The van der Waals surface area contributed by atoms with Crippen molar-refractivity contribution in [2.45, 2.75) is 13.5 Å². The molecule has 0 saturated heterocycles. The van der Waals surface area contributed by atoms with Gasteiger partial charge in [-0.1, -0.05) is 5.16 Å². The summed E-state index contributed by atoms with van der Waals surface area (Å²) in [5.41, 5.74) is 0.981. The second-order valence-corrected chi connectivity index (χ2v) is 3.84. The van der Waals surface area contributed by atoms with E-state index in [1.54, 1.807) is 0 Å². The highest BCUT2D eigenvalue weighted by Gasteiger charge is 2.00. The summed E-state index contributed by atoms with van der Waals surface area (Å²) in [6.07, 6.45) is 0. The third-order valence-corrected chi connectivity index (χ3v) is 1.40. The molecule has 1 aromatic rings. The average molecular weight is 252 g/mol. The van der Waals surface area contributed by atoms with E-state index in [0.29, 0.717) is 0 Å². The fourth-order valence-electron chi connectivity index (χ4n) is 0.716. The van der Waals surface area contributed by atoms with Crippen LogP contribution in [0.15, 0.2) is 10.6 Å². The lowest BCUT2D eigenvalue weighted by Crippen LogP contribution is -2.02. The van der Waals surface area contributed by atoms with Crippen molar-refractivity contribution in [2.75, 3.05) is 7.05 Å². The Morgan fingerprint density at radius 3 is 2.90 bits per heavy atom. The van der Waals surface area contributed by atoms with Gasteiger partial charge in [0.05, 0.1) is 12.2 Å². The molecule has 0 aliphatic rings. The van der Waals surface area contributed by atoms with Crippen molar-refractivity contribution in [3.63, 3.8) is 0 Å². The Morgan fingerprint density at radius 1 is 1.80 bits per heavy atom. The lowest BCUT2D eigenvalue weighted by Gasteiger charge is -2.00. The molecule has 10 heavy (non-hydrogen) atoms. The number of hydrogen-bond acceptors (Lipinski definition) is 3. The maximum atomic E-state index is 4.89. The maximum absolute atomic E-state index is 4.89. The fourth-order valence-corrected chi connectivity index (χ4v) is 1.07. The van der Waals surface area contributed by atoms with Gasteiger partial charge in [-0.2, -0.15) is 0 Å². The van der Waals surface area contributed by atoms with Crippen molar-refractivity contribution in [1.82, 2.24) is 8.27 Å². The van der Waals surface area contributed by atoms with Crippen molar-refractivity contribution in [3.8, 4) is 0 Å². The van der Waals surface area contributed by atoms with Gasteiger partial charge in [0.15, 0.2) is 0 Å². The van der Waals surface area contributed by atoms with E-state index in [1.165, 1.54) is 0 Å². The molecule has 0 aliphatic carbocycles. The zero-order valence-corrected chi connectivity index (χ0v) is 8.12. The standard InChI is InChI=1S/C6H9IN2O/c1-5-3-6(8-10-5)4-9(2)7/h3H,4H2,1-2H3. The van der Waals surface area contributed by atoms with Crippen LogP contribution >= 0.6 is 22.9 Å². The summed E-state index contributed by atoms with van der Waals surface area (Å²) in [6.45, 7) is 2.72. The molecule has 1 rings (SSSR count). The molecule has 4 heteroatoms. The Hall–Kier alpha value is -0.100. The largest absolute Gasteiger partial charge is 0.361 e. The molecule has 0 amide bonds. The SMILES string of the molecule is Cc1cc(CN(C)I)no1. The molecule has 1 aromatic heterocycles. The third-order valence-electron chi connectivity index (χ3n) is 1.06. The van der Waals surface area contributed by atoms with E-state index in [1.807, 2.05) is 23.2 Å². The molecule has 0 N–H and O–H groups in total. The van der Waals surface area contributed by atoms with Gasteiger partial charge in [0.2, 0.25) is 0 Å². The first-order valence-corrected chi connectivity index (χ1v) is 3.94. The molecule has 0 saturated carbocycles. The van der Waals surface area contributed by atoms with Crippen molar-refractivity contribution in [1.29, 1.82) is 0 Å². The van der Waals surface area contributed by atoms with Crippen molar-refractivity contribution in [2.24, 2.45) is 0 Å². The first kappa shape index (κ1) is 8.00. The van der Waals surface area contributed by atoms with Crippen LogP contribution in [0.25, 0.3) is 0 Å². The Morgan fingerprint density at radius 2 is 2.50 bits per heavy atom. The monoisotopic (exact) mass is 252 g/mol. The second-order valence-electron chi connectivity index (χ2n) is 2.19. The van der Waals surface area contributed by atoms with Crippen molar-refractivity contribution >= 4 is 22.9 Å². The molecule has 0 fully saturated rings. The highest BCUT2D eigenvalue weighted by molar-refractivity contribution is 14.1. The quantitative estimate of drug-likeness (QED) is 0.593. The van der Waals surface area contributed by atoms with Gasteiger partial charge >= 0.3 is 0 Å². The molecule has 56 valence electrons. The van der Waals surface area contributed by atoms with Gasteiger partial charge in [0.1, 0.15) is 5.76 Å². The molecular formula is C6H9IN2O. The van der Waals surface area contributed by atoms with E-state index in [4.69, 9.17) is 4.52 Å². The van der Waals surface area contributed by atoms with Crippen molar-refractivity contribution < 1.29 is 4.52 Å². The molecule has 0 aromatic carbocycles. The Kier molecular flexibility index (Phi) is 2.67. The Labute approximate surface area is 73.9 Å². The van der Waals surface area contributed by atoms with Gasteiger partial charge in [-0.15, -0.1) is 0 Å². The summed E-state index contributed by atoms with van der Waals surface area (Å²) in [7, 11) is 1.99. The molecule has 0 aliphatic heterocycles. The predicted octanol–water partition coefficient (Wildman–Crippen LogP) is 1.76. The van der Waals surface area contributed by atoms with Crippen LogP contribution in [0.1, 0.15) is 11.5 Å². The minimum Gasteiger partial charge on any atom is -0.361 e. The van der Waals surface area contributed by atoms with E-state index >= 15 is 0 Å². The minimum atomic E-state index is 0.831. The van der Waals surface area contributed by atoms with Crippen LogP contribution in [-0.2, 0) is 6.54 Å². The lowest BCUT2D eigenvalue weighted by molar-refractivity contribution is 0.384. The first-order chi connectivity index (χ1) is 4.68. The summed E-state index contributed by atoms with van der Waals surface area (Å²) < 4.78 is 6.91. The number of hydrogen-bond donors (Lipinski definition) is 0. The van der Waals surface area contributed by atoms with Gasteiger partial charge in [-0.25, -0.2) is 3.11 Å². The highest BCUT2D eigenvalue weighted by Crippen LogP contribution is 2.06. The predicted molar refractivity (Wildman–Crippen MR) is 46.7 cm³/mol. The molecule has 1 heterocycles. The van der Waals surface area contributed by atoms with Crippen LogP contribution in [-0.4, -0.2) is 15.3 Å². The number of halogens is 1. The first-order valence-electron chi connectivity index (χ1n) is 2.97. The van der Waals surface area contributed by atoms with Crippen LogP contribution in [0.2, 0.25) is 0 Å². The smallest absolute Gasteiger partial charge is 0.133 e. The summed E-state index contributed by atoms with van der Waals surface area (Å²) >= 11 is 2.21. The zero-order chi connectivity index (χ0) is 7.56. The van der Waals surface area contributed by atoms with Gasteiger partial charge in [-0.3, -0.25) is 0 Å². The normalized spacial score (nSPS) is 10.8. The lowest BCUT2D eigenvalue weighted by atomic mass is 10.4. The van der Waals surface area contributed by atoms with Crippen molar-refractivity contribution in [3.05, 3.63) is 17.5 Å². The molecule has 0 bridgehead atoms. The number of aryl methyl sites for hydroxylation is 1. The highest BCUT2D eigenvalue weighted by atomic mass is 127. The van der Waals surface area contributed by atoms with Crippen LogP contribution in [0.3, 0.4) is 0 Å².